The summed E-state index contributed by atoms with van der Waals surface area (Å²) in [6.45, 7) is 14.2. The first-order chi connectivity index (χ1) is 26.9. The van der Waals surface area contributed by atoms with Crippen LogP contribution >= 0.6 is 23.5 Å². The molecular formula is C44H46O10S2. The lowest BCUT2D eigenvalue weighted by atomic mass is 9.96. The maximum absolute atomic E-state index is 12.4. The molecule has 0 bridgehead atoms. The Hall–Kier alpha value is -5.46. The van der Waals surface area contributed by atoms with Crippen LogP contribution in [0.15, 0.2) is 120 Å². The Balaban J connectivity index is 1.37. The van der Waals surface area contributed by atoms with Crippen molar-refractivity contribution in [3.8, 4) is 22.6 Å². The average Bonchev–Trinajstić information content (AvgIpc) is 3.19. The first-order valence-corrected chi connectivity index (χ1v) is 19.7. The third kappa shape index (κ3) is 14.0. The minimum Gasteiger partial charge on any atom is -0.489 e. The van der Waals surface area contributed by atoms with Crippen LogP contribution in [0.25, 0.3) is 11.1 Å². The maximum atomic E-state index is 12.4. The van der Waals surface area contributed by atoms with Crippen LogP contribution < -0.4 is 9.47 Å². The van der Waals surface area contributed by atoms with Gasteiger partial charge in [-0.25, -0.2) is 9.59 Å². The molecule has 0 N–H and O–H groups in total. The van der Waals surface area contributed by atoms with Crippen molar-refractivity contribution >= 4 is 47.4 Å². The summed E-state index contributed by atoms with van der Waals surface area (Å²) >= 11 is 2.70. The lowest BCUT2D eigenvalue weighted by Gasteiger charge is -2.21. The van der Waals surface area contributed by atoms with Gasteiger partial charge in [0.1, 0.15) is 37.9 Å². The molecular weight excluding hydrogens is 753 g/mol. The van der Waals surface area contributed by atoms with Gasteiger partial charge in [0.15, 0.2) is 12.2 Å². The fourth-order valence-corrected chi connectivity index (χ4v) is 6.91. The van der Waals surface area contributed by atoms with Crippen LogP contribution in [0, 0.1) is 27.7 Å². The summed E-state index contributed by atoms with van der Waals surface area (Å²) in [5.74, 6) is -0.736. The van der Waals surface area contributed by atoms with Crippen molar-refractivity contribution in [3.05, 3.63) is 132 Å². The van der Waals surface area contributed by atoms with Crippen molar-refractivity contribution < 1.29 is 47.6 Å². The molecule has 0 amide bonds. The van der Waals surface area contributed by atoms with Gasteiger partial charge in [-0.2, -0.15) is 0 Å². The van der Waals surface area contributed by atoms with Crippen LogP contribution in [-0.2, 0) is 38.1 Å². The van der Waals surface area contributed by atoms with Crippen LogP contribution in [0.3, 0.4) is 0 Å². The van der Waals surface area contributed by atoms with E-state index in [1.54, 1.807) is 0 Å². The first kappa shape index (κ1) is 43.3. The van der Waals surface area contributed by atoms with Gasteiger partial charge in [0, 0.05) is 21.9 Å². The van der Waals surface area contributed by atoms with Crippen molar-refractivity contribution in [2.75, 3.05) is 37.9 Å². The summed E-state index contributed by atoms with van der Waals surface area (Å²) in [6.07, 6.45) is 0.390. The molecule has 56 heavy (non-hydrogen) atoms. The Morgan fingerprint density at radius 2 is 0.893 bits per heavy atom. The van der Waals surface area contributed by atoms with Gasteiger partial charge in [-0.05, 0) is 110 Å². The smallest absolute Gasteiger partial charge is 0.330 e. The Labute approximate surface area is 336 Å². The fraction of sp³-hybridized carbons (Fsp3) is 0.273. The molecule has 0 spiro atoms. The molecule has 4 rings (SSSR count). The largest absolute Gasteiger partial charge is 0.489 e. The summed E-state index contributed by atoms with van der Waals surface area (Å²) in [6, 6.07) is 27.0. The zero-order chi connectivity index (χ0) is 40.5. The number of esters is 4. The van der Waals surface area contributed by atoms with Crippen LogP contribution in [0.2, 0.25) is 0 Å². The van der Waals surface area contributed by atoms with E-state index in [4.69, 9.17) is 28.4 Å². The van der Waals surface area contributed by atoms with Crippen molar-refractivity contribution in [1.82, 2.24) is 0 Å². The number of thioether (sulfide) groups is 2. The molecule has 0 aliphatic rings. The van der Waals surface area contributed by atoms with Crippen LogP contribution in [0.5, 0.6) is 11.5 Å². The van der Waals surface area contributed by atoms with E-state index >= 15 is 0 Å². The normalized spacial score (nSPS) is 11.7. The van der Waals surface area contributed by atoms with E-state index < -0.39 is 36.1 Å². The molecule has 0 fully saturated rings. The lowest BCUT2D eigenvalue weighted by molar-refractivity contribution is -0.155. The fourth-order valence-electron chi connectivity index (χ4n) is 5.47. The van der Waals surface area contributed by atoms with Gasteiger partial charge in [-0.15, -0.1) is 23.5 Å². The third-order valence-electron chi connectivity index (χ3n) is 8.04. The number of carbonyl (C=O) groups is 4. The number of carbonyl (C=O) groups excluding carboxylic acids is 4. The van der Waals surface area contributed by atoms with Crippen molar-refractivity contribution in [1.29, 1.82) is 0 Å². The molecule has 0 saturated heterocycles. The third-order valence-corrected chi connectivity index (χ3v) is 10.0. The Morgan fingerprint density at radius 1 is 0.554 bits per heavy atom. The minimum atomic E-state index is -0.854. The highest BCUT2D eigenvalue weighted by Gasteiger charge is 2.21. The second kappa shape index (κ2) is 22.2. The highest BCUT2D eigenvalue weighted by Crippen LogP contribution is 2.34. The van der Waals surface area contributed by atoms with Gasteiger partial charge in [0.2, 0.25) is 0 Å². The van der Waals surface area contributed by atoms with Gasteiger partial charge in [0.25, 0.3) is 0 Å². The van der Waals surface area contributed by atoms with Crippen LogP contribution in [0.1, 0.15) is 22.3 Å². The van der Waals surface area contributed by atoms with Crippen molar-refractivity contribution in [2.24, 2.45) is 0 Å². The second-order valence-corrected chi connectivity index (χ2v) is 14.7. The second-order valence-electron chi connectivity index (χ2n) is 12.6. The summed E-state index contributed by atoms with van der Waals surface area (Å²) in [7, 11) is 0. The topological polar surface area (TPSA) is 124 Å². The van der Waals surface area contributed by atoms with Crippen LogP contribution in [-0.4, -0.2) is 74.0 Å². The van der Waals surface area contributed by atoms with Gasteiger partial charge < -0.3 is 28.4 Å². The molecule has 0 aliphatic carbocycles. The van der Waals surface area contributed by atoms with E-state index in [1.807, 2.05) is 113 Å². The monoisotopic (exact) mass is 798 g/mol. The number of aryl methyl sites for hydroxylation is 4. The first-order valence-electron chi connectivity index (χ1n) is 17.8. The molecule has 0 aromatic heterocycles. The molecule has 0 aliphatic heterocycles. The predicted molar refractivity (Wildman–Crippen MR) is 218 cm³/mol. The Bertz CT molecular complexity index is 1790. The SMILES string of the molecule is C=CC(=O)OC(COC(=O)CSc1ccccc1)COc1c(C)cc(-c2cc(C)c(OCC(COC(=O)CSc3ccccc3)OC(=O)C=C)c(C)c2)cc1C. The molecule has 294 valence electrons. The molecule has 0 radical (unpaired) electrons. The van der Waals surface area contributed by atoms with Crippen LogP contribution in [0.4, 0.5) is 0 Å². The van der Waals surface area contributed by atoms with E-state index in [9.17, 15) is 19.2 Å². The molecule has 4 aromatic carbocycles. The van der Waals surface area contributed by atoms with Crippen molar-refractivity contribution in [2.45, 2.75) is 49.7 Å². The van der Waals surface area contributed by atoms with Crippen molar-refractivity contribution in [3.63, 3.8) is 0 Å². The molecule has 12 heteroatoms. The van der Waals surface area contributed by atoms with E-state index in [0.717, 1.165) is 55.3 Å². The number of rotatable bonds is 21. The summed E-state index contributed by atoms with van der Waals surface area (Å²) < 4.78 is 34.0. The number of hydrogen-bond donors (Lipinski definition) is 0. The summed E-state index contributed by atoms with van der Waals surface area (Å²) in [4.78, 5) is 50.9. The average molecular weight is 799 g/mol. The lowest BCUT2D eigenvalue weighted by Crippen LogP contribution is -2.31. The van der Waals surface area contributed by atoms with Gasteiger partial charge in [0.05, 0.1) is 11.5 Å². The number of benzene rings is 4. The Morgan fingerprint density at radius 3 is 1.21 bits per heavy atom. The maximum Gasteiger partial charge on any atom is 0.330 e. The predicted octanol–water partition coefficient (Wildman–Crippen LogP) is 8.21. The van der Waals surface area contributed by atoms with Gasteiger partial charge in [-0.3, -0.25) is 9.59 Å². The number of hydrogen-bond acceptors (Lipinski definition) is 12. The molecule has 2 unspecified atom stereocenters. The minimum absolute atomic E-state index is 0.0427. The highest BCUT2D eigenvalue weighted by molar-refractivity contribution is 8.00. The quantitative estimate of drug-likeness (QED) is 0.0349. The van der Waals surface area contributed by atoms with Gasteiger partial charge >= 0.3 is 23.9 Å². The zero-order valence-electron chi connectivity index (χ0n) is 31.9. The number of ether oxygens (including phenoxy) is 6. The van der Waals surface area contributed by atoms with E-state index in [2.05, 4.69) is 13.2 Å². The van der Waals surface area contributed by atoms with Gasteiger partial charge in [-0.1, -0.05) is 49.6 Å². The van der Waals surface area contributed by atoms with E-state index in [0.29, 0.717) is 11.5 Å². The summed E-state index contributed by atoms with van der Waals surface area (Å²) in [5, 5.41) is 0. The highest BCUT2D eigenvalue weighted by atomic mass is 32.2. The summed E-state index contributed by atoms with van der Waals surface area (Å²) in [5.41, 5.74) is 5.30. The molecule has 4 aromatic rings. The standard InChI is InChI=1S/C44H46O10S2/c1-7-39(45)53-35(23-49-41(47)27-55-37-15-11-9-12-16-37)25-51-43-29(3)19-33(20-30(43)4)34-21-31(5)44(32(6)22-34)52-26-36(54-40(46)8-2)24-50-42(48)28-56-38-17-13-10-14-18-38/h7-22,35-36H,1-2,23-28H2,3-6H3. The molecule has 0 heterocycles. The van der Waals surface area contributed by atoms with E-state index in [-0.39, 0.29) is 37.9 Å². The van der Waals surface area contributed by atoms with E-state index in [1.165, 1.54) is 23.5 Å². The molecule has 2 atom stereocenters. The molecule has 10 nitrogen and oxygen atoms in total. The molecule has 0 saturated carbocycles. The Kier molecular flexibility index (Phi) is 17.1. The zero-order valence-corrected chi connectivity index (χ0v) is 33.6.